The van der Waals surface area contributed by atoms with Gasteiger partial charge in [-0.2, -0.15) is 8.78 Å². The molecule has 0 saturated heterocycles. The van der Waals surface area contributed by atoms with Crippen LogP contribution in [-0.4, -0.2) is 17.7 Å². The van der Waals surface area contributed by atoms with E-state index in [1.165, 1.54) is 6.92 Å². The minimum absolute atomic E-state index is 0.225. The van der Waals surface area contributed by atoms with Gasteiger partial charge in [-0.15, -0.1) is 0 Å². The lowest BCUT2D eigenvalue weighted by atomic mass is 10.0. The standard InChI is InChI=1S/C10H9BrF2O3/c1-5-2-3-6(4-11)8(16-10(12)13)7(5)9(14)15/h2-3,10H,4H2,1H3,(H,14,15). The zero-order chi connectivity index (χ0) is 12.3. The van der Waals surface area contributed by atoms with Crippen molar-refractivity contribution in [1.29, 1.82) is 0 Å². The number of halogens is 3. The zero-order valence-electron chi connectivity index (χ0n) is 8.34. The van der Waals surface area contributed by atoms with Crippen LogP contribution in [0.3, 0.4) is 0 Å². The van der Waals surface area contributed by atoms with Gasteiger partial charge in [0.15, 0.2) is 0 Å². The number of rotatable bonds is 4. The SMILES string of the molecule is Cc1ccc(CBr)c(OC(F)F)c1C(=O)O. The molecule has 0 spiro atoms. The van der Waals surface area contributed by atoms with E-state index in [1.807, 2.05) is 0 Å². The Labute approximate surface area is 99.2 Å². The summed E-state index contributed by atoms with van der Waals surface area (Å²) < 4.78 is 28.6. The zero-order valence-corrected chi connectivity index (χ0v) is 9.92. The highest BCUT2D eigenvalue weighted by Gasteiger charge is 2.20. The van der Waals surface area contributed by atoms with Crippen LogP contribution < -0.4 is 4.74 Å². The Morgan fingerprint density at radius 1 is 1.56 bits per heavy atom. The third-order valence-electron chi connectivity index (χ3n) is 2.01. The van der Waals surface area contributed by atoms with Crippen LogP contribution in [0.1, 0.15) is 21.5 Å². The largest absolute Gasteiger partial charge is 0.478 e. The molecule has 16 heavy (non-hydrogen) atoms. The van der Waals surface area contributed by atoms with E-state index >= 15 is 0 Å². The van der Waals surface area contributed by atoms with E-state index < -0.39 is 12.6 Å². The second-order valence-electron chi connectivity index (χ2n) is 3.06. The number of aryl methyl sites for hydroxylation is 1. The van der Waals surface area contributed by atoms with E-state index in [-0.39, 0.29) is 16.6 Å². The van der Waals surface area contributed by atoms with Gasteiger partial charge in [-0.05, 0) is 12.5 Å². The third-order valence-corrected chi connectivity index (χ3v) is 2.62. The third kappa shape index (κ3) is 2.69. The molecule has 0 amide bonds. The second-order valence-corrected chi connectivity index (χ2v) is 3.62. The number of alkyl halides is 3. The van der Waals surface area contributed by atoms with Gasteiger partial charge < -0.3 is 9.84 Å². The minimum atomic E-state index is -3.04. The molecule has 1 N–H and O–H groups in total. The summed E-state index contributed by atoms with van der Waals surface area (Å²) in [5.41, 5.74) is 0.536. The molecule has 0 aliphatic carbocycles. The average Bonchev–Trinajstić information content (AvgIpc) is 2.16. The van der Waals surface area contributed by atoms with E-state index in [0.717, 1.165) is 0 Å². The molecule has 0 saturated carbocycles. The van der Waals surface area contributed by atoms with Crippen molar-refractivity contribution in [2.75, 3.05) is 0 Å². The van der Waals surface area contributed by atoms with Gasteiger partial charge in [-0.3, -0.25) is 0 Å². The summed E-state index contributed by atoms with van der Waals surface area (Å²) in [5, 5.41) is 9.18. The molecule has 0 aromatic heterocycles. The lowest BCUT2D eigenvalue weighted by Gasteiger charge is -2.13. The highest BCUT2D eigenvalue weighted by atomic mass is 79.9. The molecule has 0 atom stereocenters. The fourth-order valence-corrected chi connectivity index (χ4v) is 1.76. The van der Waals surface area contributed by atoms with Crippen LogP contribution in [0, 0.1) is 6.92 Å². The maximum atomic E-state index is 12.2. The summed E-state index contributed by atoms with van der Waals surface area (Å²) in [7, 11) is 0. The van der Waals surface area contributed by atoms with E-state index in [0.29, 0.717) is 11.1 Å². The summed E-state index contributed by atoms with van der Waals surface area (Å²) in [6, 6.07) is 3.10. The van der Waals surface area contributed by atoms with Gasteiger partial charge >= 0.3 is 12.6 Å². The predicted octanol–water partition coefficient (Wildman–Crippen LogP) is 3.19. The average molecular weight is 295 g/mol. The summed E-state index contributed by atoms with van der Waals surface area (Å²) >= 11 is 3.09. The number of hydrogen-bond donors (Lipinski definition) is 1. The molecule has 1 aromatic rings. The Morgan fingerprint density at radius 3 is 2.62 bits per heavy atom. The van der Waals surface area contributed by atoms with Crippen LogP contribution in [0.15, 0.2) is 12.1 Å². The maximum absolute atomic E-state index is 12.2. The first kappa shape index (κ1) is 12.9. The predicted molar refractivity (Wildman–Crippen MR) is 57.4 cm³/mol. The number of ether oxygens (including phenoxy) is 1. The van der Waals surface area contributed by atoms with Gasteiger partial charge in [0.2, 0.25) is 0 Å². The molecule has 1 aromatic carbocycles. The van der Waals surface area contributed by atoms with Crippen LogP contribution in [0.4, 0.5) is 8.78 Å². The fourth-order valence-electron chi connectivity index (χ4n) is 1.32. The molecule has 0 aliphatic rings. The summed E-state index contributed by atoms with van der Waals surface area (Å²) in [6.07, 6.45) is 0. The maximum Gasteiger partial charge on any atom is 0.387 e. The molecule has 0 bridgehead atoms. The molecule has 0 unspecified atom stereocenters. The first-order valence-corrected chi connectivity index (χ1v) is 5.46. The molecule has 0 aliphatic heterocycles. The topological polar surface area (TPSA) is 46.5 Å². The molecule has 0 fully saturated rings. The summed E-state index contributed by atoms with van der Waals surface area (Å²) in [5.74, 6) is -1.56. The fraction of sp³-hybridized carbons (Fsp3) is 0.300. The monoisotopic (exact) mass is 294 g/mol. The van der Waals surface area contributed by atoms with E-state index in [2.05, 4.69) is 20.7 Å². The number of hydrogen-bond acceptors (Lipinski definition) is 2. The Balaban J connectivity index is 3.36. The number of aromatic carboxylic acids is 1. The molecule has 1 rings (SSSR count). The van der Waals surface area contributed by atoms with Crippen molar-refractivity contribution in [3.63, 3.8) is 0 Å². The van der Waals surface area contributed by atoms with E-state index in [9.17, 15) is 13.6 Å². The van der Waals surface area contributed by atoms with Crippen LogP contribution in [0.2, 0.25) is 0 Å². The van der Waals surface area contributed by atoms with Crippen LogP contribution in [0.25, 0.3) is 0 Å². The Hall–Kier alpha value is -1.17. The number of carbonyl (C=O) groups is 1. The number of carboxylic acid groups (broad SMARTS) is 1. The smallest absolute Gasteiger partial charge is 0.387 e. The Morgan fingerprint density at radius 2 is 2.19 bits per heavy atom. The van der Waals surface area contributed by atoms with Gasteiger partial charge in [-0.1, -0.05) is 28.1 Å². The van der Waals surface area contributed by atoms with E-state index in [4.69, 9.17) is 5.11 Å². The lowest BCUT2D eigenvalue weighted by molar-refractivity contribution is -0.0508. The Bertz CT molecular complexity index is 407. The molecule has 6 heteroatoms. The van der Waals surface area contributed by atoms with Gasteiger partial charge in [-0.25, -0.2) is 4.79 Å². The van der Waals surface area contributed by atoms with Crippen molar-refractivity contribution in [2.45, 2.75) is 18.9 Å². The van der Waals surface area contributed by atoms with Crippen LogP contribution in [-0.2, 0) is 5.33 Å². The van der Waals surface area contributed by atoms with Crippen molar-refractivity contribution in [1.82, 2.24) is 0 Å². The lowest BCUT2D eigenvalue weighted by Crippen LogP contribution is -2.11. The summed E-state index contributed by atoms with van der Waals surface area (Å²) in [6.45, 7) is -1.52. The Kier molecular flexibility index (Phi) is 4.23. The van der Waals surface area contributed by atoms with Crippen molar-refractivity contribution in [2.24, 2.45) is 0 Å². The number of benzene rings is 1. The molecule has 3 nitrogen and oxygen atoms in total. The molecular formula is C10H9BrF2O3. The van der Waals surface area contributed by atoms with Gasteiger partial charge in [0.1, 0.15) is 11.3 Å². The quantitative estimate of drug-likeness (QED) is 0.868. The molecule has 0 heterocycles. The normalized spacial score (nSPS) is 10.6. The van der Waals surface area contributed by atoms with Gasteiger partial charge in [0.25, 0.3) is 0 Å². The molecule has 0 radical (unpaired) electrons. The van der Waals surface area contributed by atoms with Crippen molar-refractivity contribution >= 4 is 21.9 Å². The first-order chi connectivity index (χ1) is 7.47. The van der Waals surface area contributed by atoms with Gasteiger partial charge in [0, 0.05) is 10.9 Å². The van der Waals surface area contributed by atoms with Crippen LogP contribution in [0.5, 0.6) is 5.75 Å². The van der Waals surface area contributed by atoms with Gasteiger partial charge in [0.05, 0.1) is 0 Å². The van der Waals surface area contributed by atoms with Crippen molar-refractivity contribution in [3.8, 4) is 5.75 Å². The van der Waals surface area contributed by atoms with Crippen molar-refractivity contribution in [3.05, 3.63) is 28.8 Å². The first-order valence-electron chi connectivity index (χ1n) is 4.34. The van der Waals surface area contributed by atoms with E-state index in [1.54, 1.807) is 12.1 Å². The minimum Gasteiger partial charge on any atom is -0.478 e. The molecule has 88 valence electrons. The second kappa shape index (κ2) is 5.25. The highest BCUT2D eigenvalue weighted by molar-refractivity contribution is 9.08. The summed E-state index contributed by atoms with van der Waals surface area (Å²) in [4.78, 5) is 11.0. The highest BCUT2D eigenvalue weighted by Crippen LogP contribution is 2.30. The van der Waals surface area contributed by atoms with Crippen molar-refractivity contribution < 1.29 is 23.4 Å². The number of carboxylic acids is 1. The molecular weight excluding hydrogens is 286 g/mol. The van der Waals surface area contributed by atoms with Crippen LogP contribution >= 0.6 is 15.9 Å².